The molecule has 2 rings (SSSR count). The fourth-order valence-electron chi connectivity index (χ4n) is 2.46. The van der Waals surface area contributed by atoms with E-state index in [-0.39, 0.29) is 11.7 Å². The fourth-order valence-corrected chi connectivity index (χ4v) is 2.46. The molecule has 1 unspecified atom stereocenters. The largest absolute Gasteiger partial charge is 0.496 e. The van der Waals surface area contributed by atoms with E-state index in [1.807, 2.05) is 30.3 Å². The monoisotopic (exact) mass is 303 g/mol. The number of hydrogen-bond acceptors (Lipinski definition) is 3. The van der Waals surface area contributed by atoms with Gasteiger partial charge in [0, 0.05) is 11.5 Å². The molecule has 0 saturated heterocycles. The lowest BCUT2D eigenvalue weighted by molar-refractivity contribution is 0.300. The summed E-state index contributed by atoms with van der Waals surface area (Å²) in [6.07, 6.45) is 1.67. The van der Waals surface area contributed by atoms with Crippen LogP contribution in [0.1, 0.15) is 24.3 Å². The van der Waals surface area contributed by atoms with E-state index in [0.29, 0.717) is 18.9 Å². The highest BCUT2D eigenvalue weighted by molar-refractivity contribution is 5.37. The van der Waals surface area contributed by atoms with Crippen LogP contribution >= 0.6 is 0 Å². The summed E-state index contributed by atoms with van der Waals surface area (Å²) in [4.78, 5) is 0. The van der Waals surface area contributed by atoms with Crippen molar-refractivity contribution in [2.75, 3.05) is 20.3 Å². The van der Waals surface area contributed by atoms with E-state index in [2.05, 4.69) is 0 Å². The molecule has 0 amide bonds. The molecule has 2 aromatic rings. The number of nitrogens with two attached hydrogens (primary N) is 1. The molecule has 118 valence electrons. The van der Waals surface area contributed by atoms with Crippen molar-refractivity contribution in [2.45, 2.75) is 18.8 Å². The summed E-state index contributed by atoms with van der Waals surface area (Å²) in [6.45, 7) is 1.06. The number of para-hydroxylation sites is 1. The first-order valence-corrected chi connectivity index (χ1v) is 7.46. The summed E-state index contributed by atoms with van der Waals surface area (Å²) in [6, 6.07) is 14.2. The molecule has 0 spiro atoms. The van der Waals surface area contributed by atoms with Crippen LogP contribution in [0.4, 0.5) is 4.39 Å². The third-order valence-electron chi connectivity index (χ3n) is 3.62. The highest BCUT2D eigenvalue weighted by Gasteiger charge is 2.15. The second-order valence-corrected chi connectivity index (χ2v) is 5.12. The number of methoxy groups -OCH3 is 1. The first-order chi connectivity index (χ1) is 10.7. The van der Waals surface area contributed by atoms with Crippen LogP contribution in [-0.2, 0) is 0 Å². The first kappa shape index (κ1) is 16.3. The van der Waals surface area contributed by atoms with Crippen molar-refractivity contribution in [3.05, 3.63) is 59.9 Å². The highest BCUT2D eigenvalue weighted by atomic mass is 19.1. The molecule has 2 N–H and O–H groups in total. The smallest absolute Gasteiger partial charge is 0.123 e. The van der Waals surface area contributed by atoms with Gasteiger partial charge in [0.05, 0.1) is 13.7 Å². The van der Waals surface area contributed by atoms with E-state index in [1.165, 1.54) is 12.1 Å². The molecule has 22 heavy (non-hydrogen) atoms. The lowest BCUT2D eigenvalue weighted by Crippen LogP contribution is -2.15. The summed E-state index contributed by atoms with van der Waals surface area (Å²) in [5.74, 6) is 1.33. The number of hydrogen-bond donors (Lipinski definition) is 1. The lowest BCUT2D eigenvalue weighted by atomic mass is 9.93. The van der Waals surface area contributed by atoms with Gasteiger partial charge in [0.15, 0.2) is 0 Å². The van der Waals surface area contributed by atoms with Crippen molar-refractivity contribution in [3.63, 3.8) is 0 Å². The molecule has 0 aliphatic rings. The van der Waals surface area contributed by atoms with Crippen molar-refractivity contribution in [1.82, 2.24) is 0 Å². The van der Waals surface area contributed by atoms with Crippen LogP contribution in [0.2, 0.25) is 0 Å². The molecule has 1 atom stereocenters. The Balaban J connectivity index is 1.91. The van der Waals surface area contributed by atoms with Crippen molar-refractivity contribution in [2.24, 2.45) is 5.73 Å². The molecule has 0 aromatic heterocycles. The van der Waals surface area contributed by atoms with E-state index < -0.39 is 0 Å². The van der Waals surface area contributed by atoms with Crippen LogP contribution in [0.15, 0.2) is 48.5 Å². The normalized spacial score (nSPS) is 12.0. The van der Waals surface area contributed by atoms with Gasteiger partial charge in [-0.05, 0) is 49.7 Å². The lowest BCUT2D eigenvalue weighted by Gasteiger charge is -2.18. The maximum atomic E-state index is 13.5. The van der Waals surface area contributed by atoms with Gasteiger partial charge in [-0.25, -0.2) is 4.39 Å². The Morgan fingerprint density at radius 3 is 2.59 bits per heavy atom. The molecule has 4 heteroatoms. The molecule has 0 aliphatic carbocycles. The summed E-state index contributed by atoms with van der Waals surface area (Å²) < 4.78 is 24.4. The van der Waals surface area contributed by atoms with Crippen molar-refractivity contribution in [3.8, 4) is 11.5 Å². The Morgan fingerprint density at radius 2 is 1.91 bits per heavy atom. The third-order valence-corrected chi connectivity index (χ3v) is 3.62. The minimum atomic E-state index is -0.269. The quantitative estimate of drug-likeness (QED) is 0.756. The standard InChI is InChI=1S/C18H22FNO2/c1-21-18-10-9-15(19)12-17(18)14(13-20)6-5-11-22-16-7-3-2-4-8-16/h2-4,7-10,12,14H,5-6,11,13,20H2,1H3. The van der Waals surface area contributed by atoms with Crippen LogP contribution in [0, 0.1) is 5.82 Å². The molecule has 0 saturated carbocycles. The molecule has 0 fully saturated rings. The van der Waals surface area contributed by atoms with Crippen LogP contribution < -0.4 is 15.2 Å². The van der Waals surface area contributed by atoms with Crippen molar-refractivity contribution < 1.29 is 13.9 Å². The maximum Gasteiger partial charge on any atom is 0.123 e. The van der Waals surface area contributed by atoms with Crippen molar-refractivity contribution >= 4 is 0 Å². The van der Waals surface area contributed by atoms with E-state index in [0.717, 1.165) is 24.2 Å². The van der Waals surface area contributed by atoms with Gasteiger partial charge in [0.25, 0.3) is 0 Å². The maximum absolute atomic E-state index is 13.5. The van der Waals surface area contributed by atoms with Gasteiger partial charge in [-0.2, -0.15) is 0 Å². The molecular weight excluding hydrogens is 281 g/mol. The zero-order chi connectivity index (χ0) is 15.8. The number of halogens is 1. The predicted molar refractivity (Wildman–Crippen MR) is 85.9 cm³/mol. The van der Waals surface area contributed by atoms with Gasteiger partial charge < -0.3 is 15.2 Å². The first-order valence-electron chi connectivity index (χ1n) is 7.46. The average Bonchev–Trinajstić information content (AvgIpc) is 2.56. The van der Waals surface area contributed by atoms with Gasteiger partial charge in [0.1, 0.15) is 17.3 Å². The van der Waals surface area contributed by atoms with Gasteiger partial charge in [0.2, 0.25) is 0 Å². The molecule has 0 aliphatic heterocycles. The number of benzene rings is 2. The Kier molecular flexibility index (Phi) is 6.22. The summed E-state index contributed by atoms with van der Waals surface area (Å²) in [5.41, 5.74) is 6.68. The Labute approximate surface area is 130 Å². The molecule has 3 nitrogen and oxygen atoms in total. The SMILES string of the molecule is COc1ccc(F)cc1C(CN)CCCOc1ccccc1. The van der Waals surface area contributed by atoms with Crippen LogP contribution in [-0.4, -0.2) is 20.3 Å². The molecule has 0 bridgehead atoms. The Bertz CT molecular complexity index is 575. The molecule has 0 radical (unpaired) electrons. The third kappa shape index (κ3) is 4.46. The minimum Gasteiger partial charge on any atom is -0.496 e. The van der Waals surface area contributed by atoms with Gasteiger partial charge >= 0.3 is 0 Å². The second kappa shape index (κ2) is 8.39. The number of rotatable bonds is 8. The van der Waals surface area contributed by atoms with E-state index in [1.54, 1.807) is 13.2 Å². The summed E-state index contributed by atoms with van der Waals surface area (Å²) in [5, 5.41) is 0. The van der Waals surface area contributed by atoms with Gasteiger partial charge in [-0.15, -0.1) is 0 Å². The Morgan fingerprint density at radius 1 is 1.14 bits per heavy atom. The molecule has 2 aromatic carbocycles. The predicted octanol–water partition coefficient (Wildman–Crippen LogP) is 3.74. The zero-order valence-electron chi connectivity index (χ0n) is 12.8. The van der Waals surface area contributed by atoms with Crippen LogP contribution in [0.25, 0.3) is 0 Å². The van der Waals surface area contributed by atoms with Gasteiger partial charge in [-0.3, -0.25) is 0 Å². The van der Waals surface area contributed by atoms with Crippen LogP contribution in [0.5, 0.6) is 11.5 Å². The van der Waals surface area contributed by atoms with E-state index in [9.17, 15) is 4.39 Å². The summed E-state index contributed by atoms with van der Waals surface area (Å²) >= 11 is 0. The highest BCUT2D eigenvalue weighted by Crippen LogP contribution is 2.30. The minimum absolute atomic E-state index is 0.0602. The average molecular weight is 303 g/mol. The second-order valence-electron chi connectivity index (χ2n) is 5.12. The molecular formula is C18H22FNO2. The number of ether oxygens (including phenoxy) is 2. The van der Waals surface area contributed by atoms with Gasteiger partial charge in [-0.1, -0.05) is 18.2 Å². The Hall–Kier alpha value is -2.07. The van der Waals surface area contributed by atoms with E-state index >= 15 is 0 Å². The zero-order valence-corrected chi connectivity index (χ0v) is 12.8. The molecule has 0 heterocycles. The topological polar surface area (TPSA) is 44.5 Å². The summed E-state index contributed by atoms with van der Waals surface area (Å²) in [7, 11) is 1.59. The van der Waals surface area contributed by atoms with E-state index in [4.69, 9.17) is 15.2 Å². The fraction of sp³-hybridized carbons (Fsp3) is 0.333. The van der Waals surface area contributed by atoms with Crippen molar-refractivity contribution in [1.29, 1.82) is 0 Å². The van der Waals surface area contributed by atoms with Crippen LogP contribution in [0.3, 0.4) is 0 Å².